The van der Waals surface area contributed by atoms with Crippen LogP contribution in [0.1, 0.15) is 66.8 Å². The predicted molar refractivity (Wildman–Crippen MR) is 117 cm³/mol. The third kappa shape index (κ3) is 4.94. The molecule has 0 spiro atoms. The maximum absolute atomic E-state index is 12.6. The van der Waals surface area contributed by atoms with Gasteiger partial charge < -0.3 is 20.8 Å². The quantitative estimate of drug-likeness (QED) is 0.551. The lowest BCUT2D eigenvalue weighted by molar-refractivity contribution is -0.143. The summed E-state index contributed by atoms with van der Waals surface area (Å²) in [7, 11) is 0. The first kappa shape index (κ1) is 22.2. The molecule has 2 amide bonds. The van der Waals surface area contributed by atoms with Crippen molar-refractivity contribution < 1.29 is 19.8 Å². The molecule has 2 heterocycles. The van der Waals surface area contributed by atoms with Gasteiger partial charge in [-0.05, 0) is 68.1 Å². The molecule has 7 nitrogen and oxygen atoms in total. The van der Waals surface area contributed by atoms with E-state index in [0.717, 1.165) is 45.1 Å². The van der Waals surface area contributed by atoms with Crippen molar-refractivity contribution in [3.8, 4) is 0 Å². The fraction of sp³-hybridized carbons (Fsp3) is 0.667. The van der Waals surface area contributed by atoms with E-state index in [1.54, 1.807) is 11.0 Å². The van der Waals surface area contributed by atoms with Crippen LogP contribution in [0.15, 0.2) is 24.3 Å². The molecule has 2 saturated heterocycles. The monoisotopic (exact) mass is 429 g/mol. The van der Waals surface area contributed by atoms with E-state index in [1.165, 1.54) is 12.0 Å². The zero-order valence-corrected chi connectivity index (χ0v) is 18.2. The van der Waals surface area contributed by atoms with E-state index >= 15 is 0 Å². The standard InChI is InChI=1S/C24H35N3O4/c25-23(30)18-6-2-5-17(11-18)19-12-20-7-8-21(13-19)27(20)10-9-26(14-16-3-1-4-16)24(31)22(29)15-28/h2,5-6,11,16,19-22,28-29H,1,3-4,7-10,12-15H2,(H2,25,30)/t19?,20?,21?,22-/m1/s1. The van der Waals surface area contributed by atoms with E-state index in [2.05, 4.69) is 11.0 Å². The van der Waals surface area contributed by atoms with Gasteiger partial charge in [-0.2, -0.15) is 0 Å². The zero-order chi connectivity index (χ0) is 22.0. The lowest BCUT2D eigenvalue weighted by atomic mass is 9.84. The van der Waals surface area contributed by atoms with E-state index in [4.69, 9.17) is 5.73 Å². The van der Waals surface area contributed by atoms with E-state index in [1.807, 2.05) is 12.1 Å². The fourth-order valence-corrected chi connectivity index (χ4v) is 5.66. The minimum atomic E-state index is -1.32. The lowest BCUT2D eigenvalue weighted by Gasteiger charge is -2.41. The van der Waals surface area contributed by atoms with Gasteiger partial charge in [0.15, 0.2) is 6.10 Å². The molecule has 2 aliphatic heterocycles. The van der Waals surface area contributed by atoms with E-state index in [0.29, 0.717) is 42.6 Å². The summed E-state index contributed by atoms with van der Waals surface area (Å²) in [6.07, 6.45) is 6.59. The van der Waals surface area contributed by atoms with Crippen LogP contribution in [-0.2, 0) is 4.79 Å². The Morgan fingerprint density at radius 2 is 1.87 bits per heavy atom. The number of nitrogens with two attached hydrogens (primary N) is 1. The van der Waals surface area contributed by atoms with Gasteiger partial charge in [0.05, 0.1) is 6.61 Å². The number of hydrogen-bond donors (Lipinski definition) is 3. The molecule has 3 aliphatic rings. The molecule has 7 heteroatoms. The molecule has 3 fully saturated rings. The summed E-state index contributed by atoms with van der Waals surface area (Å²) in [6, 6.07) is 8.68. The molecule has 4 N–H and O–H groups in total. The highest BCUT2D eigenvalue weighted by atomic mass is 16.3. The average Bonchev–Trinajstić information content (AvgIpc) is 2.98. The summed E-state index contributed by atoms with van der Waals surface area (Å²) >= 11 is 0. The topological polar surface area (TPSA) is 107 Å². The average molecular weight is 430 g/mol. The largest absolute Gasteiger partial charge is 0.393 e. The van der Waals surface area contributed by atoms with Crippen molar-refractivity contribution in [2.45, 2.75) is 69.1 Å². The molecule has 0 radical (unpaired) electrons. The molecule has 170 valence electrons. The Labute approximate surface area is 184 Å². The van der Waals surface area contributed by atoms with Crippen LogP contribution in [0.3, 0.4) is 0 Å². The van der Waals surface area contributed by atoms with Crippen LogP contribution in [0.5, 0.6) is 0 Å². The second-order valence-electron chi connectivity index (χ2n) is 9.56. The fourth-order valence-electron chi connectivity index (χ4n) is 5.66. The first-order chi connectivity index (χ1) is 15.0. The number of fused-ring (bicyclic) bond motifs is 2. The normalized spacial score (nSPS) is 27.0. The lowest BCUT2D eigenvalue weighted by Crippen LogP contribution is -2.50. The van der Waals surface area contributed by atoms with Crippen LogP contribution in [0, 0.1) is 5.92 Å². The Morgan fingerprint density at radius 3 is 2.45 bits per heavy atom. The first-order valence-corrected chi connectivity index (χ1v) is 11.7. The number of aliphatic hydroxyl groups is 2. The number of piperidine rings is 1. The van der Waals surface area contributed by atoms with Crippen LogP contribution >= 0.6 is 0 Å². The molecule has 3 atom stereocenters. The van der Waals surface area contributed by atoms with Crippen LogP contribution in [-0.4, -0.2) is 76.3 Å². The van der Waals surface area contributed by atoms with Gasteiger partial charge in [0, 0.05) is 37.3 Å². The highest BCUT2D eigenvalue weighted by molar-refractivity contribution is 5.92. The molecule has 2 unspecified atom stereocenters. The van der Waals surface area contributed by atoms with Crippen molar-refractivity contribution in [2.75, 3.05) is 26.2 Å². The van der Waals surface area contributed by atoms with Crippen LogP contribution in [0.4, 0.5) is 0 Å². The number of benzene rings is 1. The molecule has 31 heavy (non-hydrogen) atoms. The zero-order valence-electron chi connectivity index (χ0n) is 18.2. The number of aliphatic hydroxyl groups excluding tert-OH is 2. The van der Waals surface area contributed by atoms with Gasteiger partial charge in [0.2, 0.25) is 5.91 Å². The minimum absolute atomic E-state index is 0.347. The summed E-state index contributed by atoms with van der Waals surface area (Å²) in [6.45, 7) is 1.56. The molecule has 1 aromatic rings. The molecule has 1 aliphatic carbocycles. The van der Waals surface area contributed by atoms with Gasteiger partial charge in [-0.25, -0.2) is 0 Å². The second kappa shape index (κ2) is 9.67. The van der Waals surface area contributed by atoms with Gasteiger partial charge in [0.1, 0.15) is 0 Å². The van der Waals surface area contributed by atoms with Crippen molar-refractivity contribution in [3.63, 3.8) is 0 Å². The Morgan fingerprint density at radius 1 is 1.16 bits per heavy atom. The number of nitrogens with zero attached hydrogens (tertiary/aromatic N) is 2. The number of carbonyl (C=O) groups excluding carboxylic acids is 2. The molecule has 0 aromatic heterocycles. The third-order valence-electron chi connectivity index (χ3n) is 7.63. The van der Waals surface area contributed by atoms with E-state index in [9.17, 15) is 19.8 Å². The van der Waals surface area contributed by atoms with Crippen molar-refractivity contribution >= 4 is 11.8 Å². The van der Waals surface area contributed by atoms with Gasteiger partial charge >= 0.3 is 0 Å². The van der Waals surface area contributed by atoms with Gasteiger partial charge in [-0.1, -0.05) is 18.6 Å². The summed E-state index contributed by atoms with van der Waals surface area (Å²) in [5.41, 5.74) is 7.22. The summed E-state index contributed by atoms with van der Waals surface area (Å²) in [5, 5.41) is 19.1. The van der Waals surface area contributed by atoms with Crippen LogP contribution in [0.25, 0.3) is 0 Å². The number of amides is 2. The van der Waals surface area contributed by atoms with Crippen LogP contribution < -0.4 is 5.73 Å². The van der Waals surface area contributed by atoms with E-state index < -0.39 is 12.7 Å². The molecule has 2 bridgehead atoms. The number of hydrogen-bond acceptors (Lipinski definition) is 5. The summed E-state index contributed by atoms with van der Waals surface area (Å²) < 4.78 is 0. The number of rotatable bonds is 9. The number of carbonyl (C=O) groups is 2. The smallest absolute Gasteiger partial charge is 0.253 e. The van der Waals surface area contributed by atoms with Crippen molar-refractivity contribution in [2.24, 2.45) is 11.7 Å². The van der Waals surface area contributed by atoms with Gasteiger partial charge in [0.25, 0.3) is 5.91 Å². The van der Waals surface area contributed by atoms with Gasteiger partial charge in [-0.15, -0.1) is 0 Å². The van der Waals surface area contributed by atoms with Gasteiger partial charge in [-0.3, -0.25) is 14.5 Å². The Bertz CT molecular complexity index is 783. The van der Waals surface area contributed by atoms with Crippen LogP contribution in [0.2, 0.25) is 0 Å². The Balaban J connectivity index is 1.38. The van der Waals surface area contributed by atoms with Crippen molar-refractivity contribution in [3.05, 3.63) is 35.4 Å². The second-order valence-corrected chi connectivity index (χ2v) is 9.56. The maximum Gasteiger partial charge on any atom is 0.253 e. The SMILES string of the molecule is NC(=O)c1cccc(C2CC3CCC(C2)N3CCN(CC2CCC2)C(=O)[C@H](O)CO)c1. The number of primary amides is 1. The minimum Gasteiger partial charge on any atom is -0.393 e. The Kier molecular flexibility index (Phi) is 6.94. The molecular formula is C24H35N3O4. The first-order valence-electron chi connectivity index (χ1n) is 11.7. The highest BCUT2D eigenvalue weighted by Gasteiger charge is 2.41. The third-order valence-corrected chi connectivity index (χ3v) is 7.63. The molecule has 4 rings (SSSR count). The highest BCUT2D eigenvalue weighted by Crippen LogP contribution is 2.43. The van der Waals surface area contributed by atoms with Crippen molar-refractivity contribution in [1.29, 1.82) is 0 Å². The molecule has 1 saturated carbocycles. The summed E-state index contributed by atoms with van der Waals surface area (Å²) in [4.78, 5) is 28.5. The Hall–Kier alpha value is -1.96. The molecular weight excluding hydrogens is 394 g/mol. The maximum atomic E-state index is 12.6. The summed E-state index contributed by atoms with van der Waals surface area (Å²) in [5.74, 6) is 0.218. The van der Waals surface area contributed by atoms with Crippen molar-refractivity contribution in [1.82, 2.24) is 9.80 Å². The molecule has 1 aromatic carbocycles. The van der Waals surface area contributed by atoms with E-state index in [-0.39, 0.29) is 11.8 Å². The predicted octanol–water partition coefficient (Wildman–Crippen LogP) is 1.48.